The minimum Gasteiger partial charge on any atom is -0.354 e. The molecule has 88 valence electrons. The Morgan fingerprint density at radius 3 is 3.06 bits per heavy atom. The minimum atomic E-state index is 0.195. The Morgan fingerprint density at radius 2 is 2.44 bits per heavy atom. The lowest BCUT2D eigenvalue weighted by Crippen LogP contribution is -2.29. The van der Waals surface area contributed by atoms with E-state index in [1.807, 2.05) is 19.2 Å². The number of nitrogens with zero attached hydrogens (tertiary/aromatic N) is 2. The molecule has 2 N–H and O–H groups in total. The molecule has 0 bridgehead atoms. The molecule has 1 aliphatic rings. The first-order valence-electron chi connectivity index (χ1n) is 6.14. The van der Waals surface area contributed by atoms with Crippen molar-refractivity contribution >= 4 is 5.82 Å². The number of aromatic nitrogens is 1. The third kappa shape index (κ3) is 2.35. The Hall–Kier alpha value is -1.09. The summed E-state index contributed by atoms with van der Waals surface area (Å²) >= 11 is 0. The van der Waals surface area contributed by atoms with Crippen molar-refractivity contribution in [2.75, 3.05) is 11.4 Å². The fourth-order valence-electron chi connectivity index (χ4n) is 2.44. The van der Waals surface area contributed by atoms with E-state index in [1.54, 1.807) is 0 Å². The fourth-order valence-corrected chi connectivity index (χ4v) is 2.44. The molecule has 2 atom stereocenters. The number of hydrogen-bond acceptors (Lipinski definition) is 3. The molecule has 0 amide bonds. The lowest BCUT2D eigenvalue weighted by atomic mass is 10.1. The maximum atomic E-state index is 5.88. The van der Waals surface area contributed by atoms with Crippen LogP contribution in [0.1, 0.15) is 32.3 Å². The van der Waals surface area contributed by atoms with Crippen LogP contribution in [0.5, 0.6) is 0 Å². The summed E-state index contributed by atoms with van der Waals surface area (Å²) in [6, 6.07) is 4.96. The number of anilines is 1. The minimum absolute atomic E-state index is 0.195. The molecule has 0 saturated carbocycles. The lowest BCUT2D eigenvalue weighted by Gasteiger charge is -2.25. The van der Waals surface area contributed by atoms with Crippen molar-refractivity contribution in [2.45, 2.75) is 45.2 Å². The van der Waals surface area contributed by atoms with Gasteiger partial charge in [0.2, 0.25) is 0 Å². The van der Waals surface area contributed by atoms with Crippen molar-refractivity contribution < 1.29 is 0 Å². The van der Waals surface area contributed by atoms with Crippen LogP contribution in [0.3, 0.4) is 0 Å². The van der Waals surface area contributed by atoms with Crippen molar-refractivity contribution in [3.8, 4) is 0 Å². The summed E-state index contributed by atoms with van der Waals surface area (Å²) in [5.74, 6) is 1.14. The van der Waals surface area contributed by atoms with Crippen LogP contribution in [-0.2, 0) is 6.42 Å². The van der Waals surface area contributed by atoms with Crippen LogP contribution in [0, 0.1) is 0 Å². The zero-order valence-corrected chi connectivity index (χ0v) is 10.2. The molecular formula is C13H21N3. The Bertz CT molecular complexity index is 349. The number of hydrogen-bond donors (Lipinski definition) is 1. The molecule has 1 saturated heterocycles. The maximum Gasteiger partial charge on any atom is 0.131 e. The Balaban J connectivity index is 2.25. The standard InChI is InChI=1S/C13H21N3/c1-10(14)9-12-6-3-7-15-13(12)16-8-4-5-11(16)2/h3,6-7,10-11H,4-5,8-9,14H2,1-2H3. The molecule has 2 unspecified atom stereocenters. The van der Waals surface area contributed by atoms with Crippen LogP contribution < -0.4 is 10.6 Å². The molecule has 3 heteroatoms. The predicted molar refractivity (Wildman–Crippen MR) is 67.6 cm³/mol. The maximum absolute atomic E-state index is 5.88. The highest BCUT2D eigenvalue weighted by atomic mass is 15.2. The molecule has 2 rings (SSSR count). The molecule has 1 aromatic heterocycles. The molecule has 1 fully saturated rings. The van der Waals surface area contributed by atoms with Gasteiger partial charge in [-0.3, -0.25) is 0 Å². The van der Waals surface area contributed by atoms with Crippen molar-refractivity contribution in [3.05, 3.63) is 23.9 Å². The van der Waals surface area contributed by atoms with E-state index in [-0.39, 0.29) is 6.04 Å². The van der Waals surface area contributed by atoms with Gasteiger partial charge in [-0.2, -0.15) is 0 Å². The number of nitrogens with two attached hydrogens (primary N) is 1. The molecule has 2 heterocycles. The SMILES string of the molecule is CC(N)Cc1cccnc1N1CCCC1C. The van der Waals surface area contributed by atoms with Gasteiger partial charge in [0.1, 0.15) is 5.82 Å². The van der Waals surface area contributed by atoms with Crippen molar-refractivity contribution in [1.82, 2.24) is 4.98 Å². The summed E-state index contributed by atoms with van der Waals surface area (Å²) in [4.78, 5) is 6.95. The van der Waals surface area contributed by atoms with Crippen LogP contribution in [0.25, 0.3) is 0 Å². The first kappa shape index (κ1) is 11.4. The van der Waals surface area contributed by atoms with Gasteiger partial charge in [0, 0.05) is 24.8 Å². The van der Waals surface area contributed by atoms with Gasteiger partial charge >= 0.3 is 0 Å². The topological polar surface area (TPSA) is 42.1 Å². The molecule has 1 aromatic rings. The number of rotatable bonds is 3. The highest BCUT2D eigenvalue weighted by Crippen LogP contribution is 2.26. The van der Waals surface area contributed by atoms with Crippen molar-refractivity contribution in [1.29, 1.82) is 0 Å². The second kappa shape index (κ2) is 4.83. The average molecular weight is 219 g/mol. The summed E-state index contributed by atoms with van der Waals surface area (Å²) in [5.41, 5.74) is 7.16. The van der Waals surface area contributed by atoms with E-state index in [0.717, 1.165) is 18.8 Å². The second-order valence-corrected chi connectivity index (χ2v) is 4.85. The van der Waals surface area contributed by atoms with Gasteiger partial charge < -0.3 is 10.6 Å². The van der Waals surface area contributed by atoms with Gasteiger partial charge in [-0.25, -0.2) is 4.98 Å². The summed E-state index contributed by atoms with van der Waals surface area (Å²) in [7, 11) is 0. The van der Waals surface area contributed by atoms with Crippen molar-refractivity contribution in [2.24, 2.45) is 5.73 Å². The molecule has 0 radical (unpaired) electrons. The predicted octanol–water partition coefficient (Wildman–Crippen LogP) is 1.96. The summed E-state index contributed by atoms with van der Waals surface area (Å²) in [6.07, 6.45) is 5.33. The summed E-state index contributed by atoms with van der Waals surface area (Å²) in [6.45, 7) is 5.45. The molecule has 0 spiro atoms. The van der Waals surface area contributed by atoms with Crippen LogP contribution in [-0.4, -0.2) is 23.6 Å². The smallest absolute Gasteiger partial charge is 0.131 e. The highest BCUT2D eigenvalue weighted by molar-refractivity contribution is 5.48. The van der Waals surface area contributed by atoms with E-state index in [4.69, 9.17) is 5.73 Å². The van der Waals surface area contributed by atoms with Gasteiger partial charge in [0.15, 0.2) is 0 Å². The van der Waals surface area contributed by atoms with E-state index < -0.39 is 0 Å². The van der Waals surface area contributed by atoms with Crippen molar-refractivity contribution in [3.63, 3.8) is 0 Å². The Morgan fingerprint density at radius 1 is 1.62 bits per heavy atom. The average Bonchev–Trinajstić information content (AvgIpc) is 2.64. The van der Waals surface area contributed by atoms with Crippen LogP contribution in [0.2, 0.25) is 0 Å². The van der Waals surface area contributed by atoms with Gasteiger partial charge in [-0.05, 0) is 44.7 Å². The second-order valence-electron chi connectivity index (χ2n) is 4.85. The number of pyridine rings is 1. The van der Waals surface area contributed by atoms with E-state index in [1.165, 1.54) is 18.4 Å². The quantitative estimate of drug-likeness (QED) is 0.845. The summed E-state index contributed by atoms with van der Waals surface area (Å²) < 4.78 is 0. The third-order valence-electron chi connectivity index (χ3n) is 3.23. The molecule has 16 heavy (non-hydrogen) atoms. The molecule has 1 aliphatic heterocycles. The Kier molecular flexibility index (Phi) is 3.44. The zero-order chi connectivity index (χ0) is 11.5. The van der Waals surface area contributed by atoms with Gasteiger partial charge in [-0.15, -0.1) is 0 Å². The van der Waals surface area contributed by atoms with Crippen LogP contribution in [0.15, 0.2) is 18.3 Å². The van der Waals surface area contributed by atoms with E-state index in [0.29, 0.717) is 6.04 Å². The monoisotopic (exact) mass is 219 g/mol. The molecular weight excluding hydrogens is 198 g/mol. The van der Waals surface area contributed by atoms with Crippen LogP contribution >= 0.6 is 0 Å². The summed E-state index contributed by atoms with van der Waals surface area (Å²) in [5, 5.41) is 0. The van der Waals surface area contributed by atoms with E-state index in [2.05, 4.69) is 22.9 Å². The highest BCUT2D eigenvalue weighted by Gasteiger charge is 2.23. The Labute approximate surface area is 97.7 Å². The van der Waals surface area contributed by atoms with E-state index in [9.17, 15) is 0 Å². The molecule has 0 aromatic carbocycles. The first-order chi connectivity index (χ1) is 7.68. The zero-order valence-electron chi connectivity index (χ0n) is 10.2. The fraction of sp³-hybridized carbons (Fsp3) is 0.615. The van der Waals surface area contributed by atoms with Gasteiger partial charge in [0.25, 0.3) is 0 Å². The largest absolute Gasteiger partial charge is 0.354 e. The van der Waals surface area contributed by atoms with Gasteiger partial charge in [-0.1, -0.05) is 6.07 Å². The van der Waals surface area contributed by atoms with Gasteiger partial charge in [0.05, 0.1) is 0 Å². The normalized spacial score (nSPS) is 22.4. The molecule has 3 nitrogen and oxygen atoms in total. The molecule has 0 aliphatic carbocycles. The third-order valence-corrected chi connectivity index (χ3v) is 3.23. The lowest BCUT2D eigenvalue weighted by molar-refractivity contribution is 0.703. The van der Waals surface area contributed by atoms with Crippen LogP contribution in [0.4, 0.5) is 5.82 Å². The van der Waals surface area contributed by atoms with E-state index >= 15 is 0 Å². The first-order valence-corrected chi connectivity index (χ1v) is 6.14.